The van der Waals surface area contributed by atoms with Gasteiger partial charge < -0.3 is 15.0 Å². The van der Waals surface area contributed by atoms with Crippen LogP contribution in [0.4, 0.5) is 5.82 Å². The van der Waals surface area contributed by atoms with Gasteiger partial charge >= 0.3 is 0 Å². The summed E-state index contributed by atoms with van der Waals surface area (Å²) in [5.41, 5.74) is 1.97. The summed E-state index contributed by atoms with van der Waals surface area (Å²) in [5, 5.41) is 18.2. The normalized spacial score (nSPS) is 14.2. The van der Waals surface area contributed by atoms with Crippen molar-refractivity contribution in [2.45, 2.75) is 18.6 Å². The van der Waals surface area contributed by atoms with Gasteiger partial charge in [-0.2, -0.15) is 10.2 Å². The summed E-state index contributed by atoms with van der Waals surface area (Å²) < 4.78 is 7.31. The Morgan fingerprint density at radius 1 is 1.33 bits per heavy atom. The molecule has 33 heavy (non-hydrogen) atoms. The number of carbonyl (C=O) groups excluding carboxylic acids is 1. The third-order valence-corrected chi connectivity index (χ3v) is 6.88. The Kier molecular flexibility index (Phi) is 6.55. The summed E-state index contributed by atoms with van der Waals surface area (Å²) >= 11 is 3.20. The quantitative estimate of drug-likeness (QED) is 0.290. The number of fused-ring (bicyclic) bond motifs is 1. The van der Waals surface area contributed by atoms with Gasteiger partial charge in [0.1, 0.15) is 5.82 Å². The lowest BCUT2D eigenvalue weighted by Crippen LogP contribution is -2.37. The van der Waals surface area contributed by atoms with Crippen molar-refractivity contribution in [2.24, 2.45) is 0 Å². The molecule has 1 saturated heterocycles. The van der Waals surface area contributed by atoms with Crippen LogP contribution in [-0.4, -0.2) is 74.5 Å². The maximum Gasteiger partial charge on any atom is 0.271 e. The van der Waals surface area contributed by atoms with E-state index < -0.39 is 0 Å². The number of H-pyrrole nitrogens is 1. The molecule has 172 valence electrons. The van der Waals surface area contributed by atoms with Gasteiger partial charge in [0, 0.05) is 19.6 Å². The number of nitrogens with one attached hydrogen (secondary N) is 2. The SMILES string of the molecule is CCSc1nc(N2CCOCC2)c2cnn(CCNC(=O)c3cc(-c4cccs4)[nH]n3)c2n1. The van der Waals surface area contributed by atoms with E-state index in [9.17, 15) is 4.79 Å². The fraction of sp³-hybridized carbons (Fsp3) is 0.381. The number of rotatable bonds is 8. The number of ether oxygens (including phenoxy) is 1. The van der Waals surface area contributed by atoms with Crippen molar-refractivity contribution in [3.05, 3.63) is 35.5 Å². The van der Waals surface area contributed by atoms with Gasteiger partial charge in [0.05, 0.1) is 41.9 Å². The zero-order valence-electron chi connectivity index (χ0n) is 18.2. The van der Waals surface area contributed by atoms with Crippen LogP contribution >= 0.6 is 23.1 Å². The van der Waals surface area contributed by atoms with Crippen molar-refractivity contribution in [3.8, 4) is 10.6 Å². The lowest BCUT2D eigenvalue weighted by Gasteiger charge is -2.28. The average molecular weight is 485 g/mol. The van der Waals surface area contributed by atoms with Crippen molar-refractivity contribution >= 4 is 45.9 Å². The number of amides is 1. The van der Waals surface area contributed by atoms with E-state index in [-0.39, 0.29) is 5.91 Å². The molecular formula is C21H24N8O2S2. The summed E-state index contributed by atoms with van der Waals surface area (Å²) in [5.74, 6) is 1.55. The maximum absolute atomic E-state index is 12.6. The molecule has 0 radical (unpaired) electrons. The smallest absolute Gasteiger partial charge is 0.271 e. The highest BCUT2D eigenvalue weighted by Gasteiger charge is 2.20. The van der Waals surface area contributed by atoms with Crippen LogP contribution in [0, 0.1) is 0 Å². The lowest BCUT2D eigenvalue weighted by molar-refractivity contribution is 0.0947. The minimum atomic E-state index is -0.226. The Morgan fingerprint density at radius 3 is 3.00 bits per heavy atom. The third kappa shape index (κ3) is 4.72. The van der Waals surface area contributed by atoms with Gasteiger partial charge in [-0.05, 0) is 23.3 Å². The molecule has 0 aromatic carbocycles. The van der Waals surface area contributed by atoms with Gasteiger partial charge in [-0.15, -0.1) is 11.3 Å². The minimum Gasteiger partial charge on any atom is -0.378 e. The van der Waals surface area contributed by atoms with E-state index in [2.05, 4.69) is 32.4 Å². The Morgan fingerprint density at radius 2 is 2.21 bits per heavy atom. The molecular weight excluding hydrogens is 460 g/mol. The van der Waals surface area contributed by atoms with E-state index in [1.165, 1.54) is 0 Å². The molecule has 1 aliphatic rings. The molecule has 0 spiro atoms. The van der Waals surface area contributed by atoms with Crippen LogP contribution in [0.3, 0.4) is 0 Å². The van der Waals surface area contributed by atoms with Crippen molar-refractivity contribution in [1.29, 1.82) is 0 Å². The monoisotopic (exact) mass is 484 g/mol. The van der Waals surface area contributed by atoms with Crippen LogP contribution in [0.25, 0.3) is 21.6 Å². The van der Waals surface area contributed by atoms with Crippen LogP contribution in [0.2, 0.25) is 0 Å². The molecule has 1 fully saturated rings. The van der Waals surface area contributed by atoms with Crippen molar-refractivity contribution < 1.29 is 9.53 Å². The number of hydrogen-bond acceptors (Lipinski definition) is 9. The van der Waals surface area contributed by atoms with Gasteiger partial charge in [-0.25, -0.2) is 14.6 Å². The topological polar surface area (TPSA) is 114 Å². The molecule has 5 rings (SSSR count). The number of thiophene rings is 1. The predicted molar refractivity (Wildman–Crippen MR) is 129 cm³/mol. The summed E-state index contributed by atoms with van der Waals surface area (Å²) in [7, 11) is 0. The van der Waals surface area contributed by atoms with E-state index in [1.54, 1.807) is 29.2 Å². The highest BCUT2D eigenvalue weighted by atomic mass is 32.2. The van der Waals surface area contributed by atoms with Gasteiger partial charge in [0.25, 0.3) is 5.91 Å². The standard InChI is InChI=1S/C21H24N8O2S2/c1-2-32-21-24-18(28-7-9-31-10-8-28)14-13-23-29(19(14)25-21)6-5-22-20(30)16-12-15(26-27-16)17-4-3-11-33-17/h3-4,11-13H,2,5-10H2,1H3,(H,22,30)(H,26,27). The van der Waals surface area contributed by atoms with Crippen LogP contribution < -0.4 is 10.2 Å². The number of morpholine rings is 1. The molecule has 0 unspecified atom stereocenters. The Balaban J connectivity index is 1.30. The number of hydrogen-bond donors (Lipinski definition) is 2. The predicted octanol–water partition coefficient (Wildman–Crippen LogP) is 2.66. The highest BCUT2D eigenvalue weighted by Crippen LogP contribution is 2.28. The van der Waals surface area contributed by atoms with Crippen LogP contribution in [0.15, 0.2) is 34.9 Å². The first-order chi connectivity index (χ1) is 16.2. The summed E-state index contributed by atoms with van der Waals surface area (Å²) in [4.78, 5) is 25.3. The van der Waals surface area contributed by atoms with Crippen molar-refractivity contribution in [1.82, 2.24) is 35.3 Å². The third-order valence-electron chi connectivity index (χ3n) is 5.25. The fourth-order valence-electron chi connectivity index (χ4n) is 3.66. The highest BCUT2D eigenvalue weighted by molar-refractivity contribution is 7.99. The second-order valence-corrected chi connectivity index (χ2v) is 9.55. The first-order valence-electron chi connectivity index (χ1n) is 10.8. The molecule has 0 saturated carbocycles. The molecule has 1 aliphatic heterocycles. The molecule has 2 N–H and O–H groups in total. The molecule has 4 aromatic rings. The van der Waals surface area contributed by atoms with Crippen LogP contribution in [0.1, 0.15) is 17.4 Å². The molecule has 12 heteroatoms. The van der Waals surface area contributed by atoms with Crippen molar-refractivity contribution in [3.63, 3.8) is 0 Å². The maximum atomic E-state index is 12.6. The number of aromatic nitrogens is 6. The first-order valence-corrected chi connectivity index (χ1v) is 12.7. The Hall–Kier alpha value is -2.96. The second kappa shape index (κ2) is 9.89. The molecule has 0 atom stereocenters. The average Bonchev–Trinajstić information content (AvgIpc) is 3.60. The number of thioether (sulfide) groups is 1. The van der Waals surface area contributed by atoms with Crippen LogP contribution in [0.5, 0.6) is 0 Å². The summed E-state index contributed by atoms with van der Waals surface area (Å²) in [6.45, 7) is 5.93. The van der Waals surface area contributed by atoms with E-state index >= 15 is 0 Å². The number of nitrogens with zero attached hydrogens (tertiary/aromatic N) is 6. The van der Waals surface area contributed by atoms with E-state index in [1.807, 2.05) is 28.4 Å². The largest absolute Gasteiger partial charge is 0.378 e. The first kappa shape index (κ1) is 21.9. The number of anilines is 1. The molecule has 4 aromatic heterocycles. The molecule has 1 amide bonds. The molecule has 10 nitrogen and oxygen atoms in total. The van der Waals surface area contributed by atoms with Gasteiger partial charge in [-0.3, -0.25) is 9.89 Å². The van der Waals surface area contributed by atoms with Gasteiger partial charge in [-0.1, -0.05) is 24.8 Å². The number of carbonyl (C=O) groups is 1. The summed E-state index contributed by atoms with van der Waals surface area (Å²) in [6, 6.07) is 5.72. The number of aromatic amines is 1. The lowest BCUT2D eigenvalue weighted by atomic mass is 10.3. The molecule has 0 bridgehead atoms. The van der Waals surface area contributed by atoms with E-state index in [4.69, 9.17) is 14.7 Å². The second-order valence-electron chi connectivity index (χ2n) is 7.37. The molecule has 0 aliphatic carbocycles. The zero-order chi connectivity index (χ0) is 22.6. The van der Waals surface area contributed by atoms with Gasteiger partial charge in [0.15, 0.2) is 16.5 Å². The zero-order valence-corrected chi connectivity index (χ0v) is 19.8. The Bertz CT molecular complexity index is 1230. The fourth-order valence-corrected chi connectivity index (χ4v) is 4.91. The summed E-state index contributed by atoms with van der Waals surface area (Å²) in [6.07, 6.45) is 1.81. The minimum absolute atomic E-state index is 0.226. The van der Waals surface area contributed by atoms with Gasteiger partial charge in [0.2, 0.25) is 0 Å². The molecule has 5 heterocycles. The van der Waals surface area contributed by atoms with Crippen LogP contribution in [-0.2, 0) is 11.3 Å². The van der Waals surface area contributed by atoms with Crippen molar-refractivity contribution in [2.75, 3.05) is 43.5 Å². The van der Waals surface area contributed by atoms with E-state index in [0.29, 0.717) is 32.0 Å². The Labute approximate surface area is 198 Å². The van der Waals surface area contributed by atoms with E-state index in [0.717, 1.165) is 51.4 Å².